The van der Waals surface area contributed by atoms with Crippen LogP contribution in [0.1, 0.15) is 20.8 Å². The minimum absolute atomic E-state index is 0.116. The van der Waals surface area contributed by atoms with Crippen LogP contribution in [-0.2, 0) is 15.5 Å². The number of hydrogen-bond donors (Lipinski definition) is 1. The average molecular weight is 193 g/mol. The summed E-state index contributed by atoms with van der Waals surface area (Å²) in [5.74, 6) is 0.511. The summed E-state index contributed by atoms with van der Waals surface area (Å²) < 4.78 is 16.2. The molecule has 4 heteroatoms. The molecule has 0 spiro atoms. The van der Waals surface area contributed by atoms with Crippen molar-refractivity contribution >= 4 is 10.8 Å². The number of hydrogen-bond acceptors (Lipinski definition) is 3. The summed E-state index contributed by atoms with van der Waals surface area (Å²) >= 11 is 0. The van der Waals surface area contributed by atoms with E-state index in [0.717, 1.165) is 0 Å². The quantitative estimate of drug-likeness (QED) is 0.707. The van der Waals surface area contributed by atoms with E-state index in [1.807, 2.05) is 20.8 Å². The van der Waals surface area contributed by atoms with Gasteiger partial charge >= 0.3 is 0 Å². The number of methoxy groups -OCH3 is 1. The van der Waals surface area contributed by atoms with Crippen LogP contribution < -0.4 is 5.73 Å². The van der Waals surface area contributed by atoms with Gasteiger partial charge in [-0.2, -0.15) is 0 Å². The summed E-state index contributed by atoms with van der Waals surface area (Å²) in [6.45, 7) is 6.32. The van der Waals surface area contributed by atoms with E-state index >= 15 is 0 Å². The Morgan fingerprint density at radius 3 is 2.33 bits per heavy atom. The van der Waals surface area contributed by atoms with Gasteiger partial charge < -0.3 is 10.5 Å². The lowest BCUT2D eigenvalue weighted by molar-refractivity contribution is 0.186. The van der Waals surface area contributed by atoms with E-state index in [1.165, 1.54) is 0 Å². The molecule has 0 bridgehead atoms. The van der Waals surface area contributed by atoms with Crippen LogP contribution in [0, 0.1) is 0 Å². The fourth-order valence-electron chi connectivity index (χ4n) is 0.707. The molecule has 2 N–H and O–H groups in total. The Morgan fingerprint density at radius 1 is 1.50 bits per heavy atom. The zero-order chi connectivity index (χ0) is 9.78. The second-order valence-corrected chi connectivity index (χ2v) is 6.09. The predicted octanol–water partition coefficient (Wildman–Crippen LogP) is 0.507. The number of ether oxygens (including phenoxy) is 1. The van der Waals surface area contributed by atoms with Crippen molar-refractivity contribution in [3.8, 4) is 0 Å². The van der Waals surface area contributed by atoms with Crippen LogP contribution in [0.2, 0.25) is 0 Å². The number of rotatable bonds is 4. The molecule has 0 rings (SSSR count). The average Bonchev–Trinajstić information content (AvgIpc) is 1.85. The van der Waals surface area contributed by atoms with E-state index in [9.17, 15) is 4.21 Å². The standard InChI is InChI=1S/C8H19NO2S/c1-8(2,3)12(10)6-7(9)5-11-4/h7H,5-6,9H2,1-4H3. The first-order chi connectivity index (χ1) is 5.38. The highest BCUT2D eigenvalue weighted by molar-refractivity contribution is 7.86. The van der Waals surface area contributed by atoms with Crippen molar-refractivity contribution in [2.24, 2.45) is 5.73 Å². The normalized spacial score (nSPS) is 17.4. The maximum Gasteiger partial charge on any atom is 0.0622 e. The zero-order valence-electron chi connectivity index (χ0n) is 8.29. The van der Waals surface area contributed by atoms with Crippen molar-refractivity contribution in [1.82, 2.24) is 0 Å². The third-order valence-corrected chi connectivity index (χ3v) is 3.53. The summed E-state index contributed by atoms with van der Waals surface area (Å²) in [6, 6.07) is -0.116. The van der Waals surface area contributed by atoms with Gasteiger partial charge in [-0.05, 0) is 20.8 Å². The fraction of sp³-hybridized carbons (Fsp3) is 1.00. The Hall–Kier alpha value is 0.0700. The number of nitrogens with two attached hydrogens (primary N) is 1. The molecule has 0 radical (unpaired) electrons. The van der Waals surface area contributed by atoms with Crippen LogP contribution in [0.15, 0.2) is 0 Å². The predicted molar refractivity (Wildman–Crippen MR) is 52.6 cm³/mol. The Kier molecular flexibility index (Phi) is 4.97. The first-order valence-electron chi connectivity index (χ1n) is 4.01. The smallest absolute Gasteiger partial charge is 0.0622 e. The molecular formula is C8H19NO2S. The van der Waals surface area contributed by atoms with E-state index in [1.54, 1.807) is 7.11 Å². The van der Waals surface area contributed by atoms with Crippen molar-refractivity contribution in [2.45, 2.75) is 31.6 Å². The lowest BCUT2D eigenvalue weighted by atomic mass is 10.3. The van der Waals surface area contributed by atoms with E-state index in [0.29, 0.717) is 12.4 Å². The summed E-state index contributed by atoms with van der Waals surface area (Å²) in [7, 11) is 0.723. The van der Waals surface area contributed by atoms with Crippen LogP contribution in [0.4, 0.5) is 0 Å². The summed E-state index contributed by atoms with van der Waals surface area (Å²) in [5, 5.41) is 0. The molecule has 2 unspecified atom stereocenters. The van der Waals surface area contributed by atoms with Gasteiger partial charge in [0.25, 0.3) is 0 Å². The molecule has 0 aromatic rings. The maximum absolute atomic E-state index is 11.5. The second-order valence-electron chi connectivity index (χ2n) is 3.84. The molecule has 0 aromatic heterocycles. The first kappa shape index (κ1) is 12.1. The Morgan fingerprint density at radius 2 is 2.00 bits per heavy atom. The van der Waals surface area contributed by atoms with E-state index < -0.39 is 10.8 Å². The highest BCUT2D eigenvalue weighted by Gasteiger charge is 2.21. The van der Waals surface area contributed by atoms with E-state index in [-0.39, 0.29) is 10.8 Å². The molecule has 2 atom stereocenters. The van der Waals surface area contributed by atoms with Crippen LogP contribution in [-0.4, -0.2) is 34.5 Å². The molecular weight excluding hydrogens is 174 g/mol. The summed E-state index contributed by atoms with van der Waals surface area (Å²) in [4.78, 5) is 0. The second kappa shape index (κ2) is 4.94. The van der Waals surface area contributed by atoms with Gasteiger partial charge in [0.15, 0.2) is 0 Å². The molecule has 0 aliphatic carbocycles. The lowest BCUT2D eigenvalue weighted by Gasteiger charge is -2.20. The zero-order valence-corrected chi connectivity index (χ0v) is 9.11. The molecule has 3 nitrogen and oxygen atoms in total. The van der Waals surface area contributed by atoms with Gasteiger partial charge in [0.1, 0.15) is 0 Å². The van der Waals surface area contributed by atoms with Crippen LogP contribution in [0.3, 0.4) is 0 Å². The van der Waals surface area contributed by atoms with Crippen molar-refractivity contribution in [3.63, 3.8) is 0 Å². The molecule has 0 saturated carbocycles. The highest BCUT2D eigenvalue weighted by Crippen LogP contribution is 2.11. The Balaban J connectivity index is 3.85. The van der Waals surface area contributed by atoms with Gasteiger partial charge in [-0.1, -0.05) is 0 Å². The summed E-state index contributed by atoms with van der Waals surface area (Å²) in [5.41, 5.74) is 5.66. The van der Waals surface area contributed by atoms with Crippen molar-refractivity contribution in [1.29, 1.82) is 0 Å². The fourth-order valence-corrected chi connectivity index (χ4v) is 1.69. The van der Waals surface area contributed by atoms with Crippen molar-refractivity contribution in [2.75, 3.05) is 19.5 Å². The molecule has 0 aliphatic heterocycles. The van der Waals surface area contributed by atoms with Crippen LogP contribution >= 0.6 is 0 Å². The van der Waals surface area contributed by atoms with Gasteiger partial charge in [0.05, 0.1) is 6.61 Å². The molecule has 74 valence electrons. The molecule has 0 fully saturated rings. The van der Waals surface area contributed by atoms with Gasteiger partial charge in [0.2, 0.25) is 0 Å². The molecule has 0 saturated heterocycles. The Labute approximate surface area is 77.1 Å². The molecule has 0 aromatic carbocycles. The summed E-state index contributed by atoms with van der Waals surface area (Å²) in [6.07, 6.45) is 0. The van der Waals surface area contributed by atoms with Crippen molar-refractivity contribution < 1.29 is 8.95 Å². The molecule has 12 heavy (non-hydrogen) atoms. The van der Waals surface area contributed by atoms with Gasteiger partial charge in [-0.3, -0.25) is 4.21 Å². The van der Waals surface area contributed by atoms with Gasteiger partial charge in [-0.15, -0.1) is 0 Å². The Bertz CT molecular complexity index is 154. The maximum atomic E-state index is 11.5. The van der Waals surface area contributed by atoms with E-state index in [4.69, 9.17) is 10.5 Å². The van der Waals surface area contributed by atoms with Crippen molar-refractivity contribution in [3.05, 3.63) is 0 Å². The third-order valence-electron chi connectivity index (χ3n) is 1.43. The highest BCUT2D eigenvalue weighted by atomic mass is 32.2. The largest absolute Gasteiger partial charge is 0.383 e. The minimum atomic E-state index is -0.874. The SMILES string of the molecule is COCC(N)CS(=O)C(C)(C)C. The first-order valence-corrected chi connectivity index (χ1v) is 5.33. The van der Waals surface area contributed by atoms with Crippen LogP contribution in [0.5, 0.6) is 0 Å². The van der Waals surface area contributed by atoms with Crippen LogP contribution in [0.25, 0.3) is 0 Å². The van der Waals surface area contributed by atoms with Gasteiger partial charge in [-0.25, -0.2) is 0 Å². The molecule has 0 amide bonds. The molecule has 0 heterocycles. The third kappa shape index (κ3) is 4.85. The molecule has 0 aliphatic rings. The van der Waals surface area contributed by atoms with Gasteiger partial charge in [0, 0.05) is 34.5 Å². The lowest BCUT2D eigenvalue weighted by Crippen LogP contribution is -2.37. The van der Waals surface area contributed by atoms with E-state index in [2.05, 4.69) is 0 Å². The topological polar surface area (TPSA) is 52.3 Å². The monoisotopic (exact) mass is 193 g/mol. The minimum Gasteiger partial charge on any atom is -0.383 e.